The van der Waals surface area contributed by atoms with Gasteiger partial charge in [0.25, 0.3) is 0 Å². The summed E-state index contributed by atoms with van der Waals surface area (Å²) < 4.78 is 0. The lowest BCUT2D eigenvalue weighted by molar-refractivity contribution is -0.0296. The van der Waals surface area contributed by atoms with Gasteiger partial charge < -0.3 is 0 Å². The molecule has 0 radical (unpaired) electrons. The van der Waals surface area contributed by atoms with Crippen molar-refractivity contribution in [3.63, 3.8) is 0 Å². The van der Waals surface area contributed by atoms with Crippen LogP contribution in [0.4, 0.5) is 0 Å². The Bertz CT molecular complexity index is 748. The summed E-state index contributed by atoms with van der Waals surface area (Å²) >= 11 is 0. The van der Waals surface area contributed by atoms with E-state index in [9.17, 15) is 0 Å². The molecule has 0 saturated heterocycles. The van der Waals surface area contributed by atoms with Crippen molar-refractivity contribution >= 4 is 0 Å². The Morgan fingerprint density at radius 1 is 0.931 bits per heavy atom. The van der Waals surface area contributed by atoms with Gasteiger partial charge in [-0.3, -0.25) is 5.10 Å². The largest absolute Gasteiger partial charge is 0.263 e. The number of hydrogen-bond acceptors (Lipinski definition) is 2. The molecule has 2 aromatic rings. The maximum atomic E-state index is 4.91. The van der Waals surface area contributed by atoms with Gasteiger partial charge in [0.15, 0.2) is 5.82 Å². The molecule has 0 spiro atoms. The van der Waals surface area contributed by atoms with Crippen LogP contribution in [0, 0.1) is 34.5 Å². The molecule has 3 heteroatoms. The number of aromatic nitrogens is 3. The third-order valence-electron chi connectivity index (χ3n) is 8.17. The van der Waals surface area contributed by atoms with Crippen molar-refractivity contribution in [1.82, 2.24) is 15.2 Å². The van der Waals surface area contributed by atoms with E-state index in [0.717, 1.165) is 41.4 Å². The van der Waals surface area contributed by atoms with Gasteiger partial charge in [0.05, 0.1) is 0 Å². The first kappa shape index (κ1) is 22.1. The van der Waals surface area contributed by atoms with E-state index in [1.165, 1.54) is 25.7 Å². The second kappa shape index (κ2) is 8.62. The Kier molecular flexibility index (Phi) is 6.55. The van der Waals surface area contributed by atoms with Gasteiger partial charge in [-0.25, -0.2) is 4.98 Å². The second-order valence-electron chi connectivity index (χ2n) is 10.8. The van der Waals surface area contributed by atoms with E-state index in [1.807, 2.05) is 18.2 Å². The van der Waals surface area contributed by atoms with Gasteiger partial charge >= 0.3 is 0 Å². The molecule has 1 fully saturated rings. The predicted octanol–water partition coefficient (Wildman–Crippen LogP) is 7.17. The summed E-state index contributed by atoms with van der Waals surface area (Å²) in [5.41, 5.74) is 1.79. The minimum absolute atomic E-state index is 0.351. The Balaban J connectivity index is 1.93. The quantitative estimate of drug-likeness (QED) is 0.540. The van der Waals surface area contributed by atoms with Gasteiger partial charge in [-0.2, -0.15) is 5.10 Å². The van der Waals surface area contributed by atoms with Crippen molar-refractivity contribution < 1.29 is 0 Å². The van der Waals surface area contributed by atoms with Crippen molar-refractivity contribution in [2.45, 2.75) is 80.6 Å². The highest BCUT2D eigenvalue weighted by Crippen LogP contribution is 2.54. The maximum Gasteiger partial charge on any atom is 0.181 e. The SMILES string of the molecule is CCC(C)(C)C1CC(C)CC(C(C)(C)CC)C1Cc1nc(-c2ccccc2)n[nH]1. The molecule has 1 aliphatic rings. The van der Waals surface area contributed by atoms with E-state index < -0.39 is 0 Å². The van der Waals surface area contributed by atoms with Crippen LogP contribution in [-0.4, -0.2) is 15.2 Å². The summed E-state index contributed by atoms with van der Waals surface area (Å²) in [4.78, 5) is 4.91. The first-order chi connectivity index (χ1) is 13.7. The lowest BCUT2D eigenvalue weighted by atomic mass is 9.52. The maximum absolute atomic E-state index is 4.91. The molecule has 2 unspecified atom stereocenters. The number of aromatic amines is 1. The molecule has 2 atom stereocenters. The molecule has 3 rings (SSSR count). The van der Waals surface area contributed by atoms with Crippen LogP contribution in [0.5, 0.6) is 0 Å². The van der Waals surface area contributed by atoms with Crippen molar-refractivity contribution in [2.24, 2.45) is 34.5 Å². The standard InChI is InChI=1S/C26H41N3/c1-8-25(4,5)21-15-18(3)16-22(26(6,7)9-2)20(21)17-23-27-24(29-28-23)19-13-11-10-12-14-19/h10-14,18,20-22H,8-9,15-17H2,1-7H3,(H,27,28,29). The topological polar surface area (TPSA) is 41.6 Å². The average Bonchev–Trinajstić information content (AvgIpc) is 3.18. The van der Waals surface area contributed by atoms with Gasteiger partial charge in [0.2, 0.25) is 0 Å². The fraction of sp³-hybridized carbons (Fsp3) is 0.692. The van der Waals surface area contributed by atoms with Crippen LogP contribution in [-0.2, 0) is 6.42 Å². The Morgan fingerprint density at radius 3 is 2.00 bits per heavy atom. The zero-order valence-electron chi connectivity index (χ0n) is 19.6. The lowest BCUT2D eigenvalue weighted by Gasteiger charge is -2.52. The van der Waals surface area contributed by atoms with E-state index in [-0.39, 0.29) is 0 Å². The summed E-state index contributed by atoms with van der Waals surface area (Å²) in [6.07, 6.45) is 6.13. The zero-order valence-corrected chi connectivity index (χ0v) is 19.6. The number of hydrogen-bond donors (Lipinski definition) is 1. The van der Waals surface area contributed by atoms with Gasteiger partial charge in [-0.1, -0.05) is 91.6 Å². The van der Waals surface area contributed by atoms with Gasteiger partial charge in [-0.15, -0.1) is 0 Å². The highest BCUT2D eigenvalue weighted by Gasteiger charge is 2.47. The number of nitrogens with one attached hydrogen (secondary N) is 1. The van der Waals surface area contributed by atoms with E-state index >= 15 is 0 Å². The Hall–Kier alpha value is -1.64. The van der Waals surface area contributed by atoms with Gasteiger partial charge in [-0.05, 0) is 47.3 Å². The van der Waals surface area contributed by atoms with Gasteiger partial charge in [0, 0.05) is 12.0 Å². The molecule has 1 aliphatic carbocycles. The van der Waals surface area contributed by atoms with Crippen LogP contribution in [0.1, 0.15) is 80.0 Å². The summed E-state index contributed by atoms with van der Waals surface area (Å²) in [7, 11) is 0. The van der Waals surface area contributed by atoms with Crippen LogP contribution >= 0.6 is 0 Å². The molecule has 160 valence electrons. The molecule has 29 heavy (non-hydrogen) atoms. The normalized spacial score (nSPS) is 25.9. The van der Waals surface area contributed by atoms with Crippen LogP contribution in [0.3, 0.4) is 0 Å². The fourth-order valence-corrected chi connectivity index (χ4v) is 5.53. The third-order valence-corrected chi connectivity index (χ3v) is 8.17. The molecule has 1 N–H and O–H groups in total. The van der Waals surface area contributed by atoms with Crippen molar-refractivity contribution in [3.05, 3.63) is 36.2 Å². The Morgan fingerprint density at radius 2 is 1.48 bits per heavy atom. The molecule has 1 aromatic carbocycles. The smallest absolute Gasteiger partial charge is 0.181 e. The zero-order chi connectivity index (χ0) is 21.2. The highest BCUT2D eigenvalue weighted by molar-refractivity contribution is 5.53. The molecule has 0 bridgehead atoms. The molecular formula is C26H41N3. The van der Waals surface area contributed by atoms with E-state index in [1.54, 1.807) is 0 Å². The second-order valence-corrected chi connectivity index (χ2v) is 10.8. The molecule has 0 amide bonds. The number of nitrogens with zero attached hydrogens (tertiary/aromatic N) is 2. The highest BCUT2D eigenvalue weighted by atomic mass is 15.2. The van der Waals surface area contributed by atoms with E-state index in [2.05, 4.69) is 70.8 Å². The van der Waals surface area contributed by atoms with E-state index in [4.69, 9.17) is 4.98 Å². The molecular weight excluding hydrogens is 354 g/mol. The first-order valence-electron chi connectivity index (χ1n) is 11.6. The molecule has 1 saturated carbocycles. The predicted molar refractivity (Wildman–Crippen MR) is 123 cm³/mol. The summed E-state index contributed by atoms with van der Waals surface area (Å²) in [5.74, 6) is 4.76. The Labute approximate surface area is 178 Å². The monoisotopic (exact) mass is 395 g/mol. The van der Waals surface area contributed by atoms with Crippen LogP contribution < -0.4 is 0 Å². The molecule has 1 aromatic heterocycles. The average molecular weight is 396 g/mol. The van der Waals surface area contributed by atoms with Crippen LogP contribution in [0.2, 0.25) is 0 Å². The van der Waals surface area contributed by atoms with Crippen molar-refractivity contribution in [3.8, 4) is 11.4 Å². The minimum atomic E-state index is 0.351. The summed E-state index contributed by atoms with van der Waals surface area (Å²) in [6.45, 7) is 17.1. The number of H-pyrrole nitrogens is 1. The molecule has 3 nitrogen and oxygen atoms in total. The summed E-state index contributed by atoms with van der Waals surface area (Å²) in [5, 5.41) is 7.83. The fourth-order valence-electron chi connectivity index (χ4n) is 5.53. The molecule has 1 heterocycles. The number of benzene rings is 1. The summed E-state index contributed by atoms with van der Waals surface area (Å²) in [6, 6.07) is 10.3. The minimum Gasteiger partial charge on any atom is -0.263 e. The third kappa shape index (κ3) is 4.75. The number of rotatable bonds is 7. The van der Waals surface area contributed by atoms with E-state index in [0.29, 0.717) is 16.7 Å². The van der Waals surface area contributed by atoms with Crippen molar-refractivity contribution in [2.75, 3.05) is 0 Å². The molecule has 0 aliphatic heterocycles. The van der Waals surface area contributed by atoms with Crippen molar-refractivity contribution in [1.29, 1.82) is 0 Å². The van der Waals surface area contributed by atoms with Gasteiger partial charge in [0.1, 0.15) is 5.82 Å². The van der Waals surface area contributed by atoms with Crippen LogP contribution in [0.15, 0.2) is 30.3 Å². The lowest BCUT2D eigenvalue weighted by Crippen LogP contribution is -2.46. The van der Waals surface area contributed by atoms with Crippen LogP contribution in [0.25, 0.3) is 11.4 Å². The first-order valence-corrected chi connectivity index (χ1v) is 11.6.